The lowest BCUT2D eigenvalue weighted by Crippen LogP contribution is -2.41. The largest absolute Gasteiger partial charge is 0.497 e. The molecule has 6 nitrogen and oxygen atoms in total. The van der Waals surface area contributed by atoms with Gasteiger partial charge in [0.1, 0.15) is 5.60 Å². The van der Waals surface area contributed by atoms with Crippen molar-refractivity contribution in [3.8, 4) is 0 Å². The average molecular weight is 362 g/mol. The predicted octanol–water partition coefficient (Wildman–Crippen LogP) is 3.26. The molecule has 26 heavy (non-hydrogen) atoms. The predicted molar refractivity (Wildman–Crippen MR) is 97.0 cm³/mol. The molecule has 140 valence electrons. The molecule has 0 N–H and O–H groups in total. The number of rotatable bonds is 1. The van der Waals surface area contributed by atoms with Gasteiger partial charge in [-0.25, -0.2) is 14.3 Å². The van der Waals surface area contributed by atoms with Gasteiger partial charge in [0, 0.05) is 17.0 Å². The molecule has 1 aliphatic heterocycles. The molecule has 2 aromatic rings. The van der Waals surface area contributed by atoms with Gasteiger partial charge in [-0.05, 0) is 60.6 Å². The highest BCUT2D eigenvalue weighted by Gasteiger charge is 2.52. The van der Waals surface area contributed by atoms with Gasteiger partial charge in [0.25, 0.3) is 0 Å². The van der Waals surface area contributed by atoms with Crippen LogP contribution in [-0.4, -0.2) is 39.6 Å². The highest BCUT2D eigenvalue weighted by molar-refractivity contribution is 6.65. The fourth-order valence-electron chi connectivity index (χ4n) is 2.71. The number of aromatic nitrogens is 2. The van der Waals surface area contributed by atoms with Crippen LogP contribution < -0.4 is 5.46 Å². The number of carbonyl (C=O) groups is 1. The number of ether oxygens (including phenoxy) is 1. The summed E-state index contributed by atoms with van der Waals surface area (Å²) in [6, 6.07) is 2.81. The summed E-state index contributed by atoms with van der Waals surface area (Å²) < 4.78 is 32.5. The molecule has 1 aliphatic rings. The van der Waals surface area contributed by atoms with E-state index in [-0.39, 0.29) is 5.65 Å². The molecule has 0 aliphatic carbocycles. The van der Waals surface area contributed by atoms with E-state index in [1.165, 1.54) is 10.6 Å². The maximum Gasteiger partial charge on any atom is 0.497 e. The van der Waals surface area contributed by atoms with Crippen LogP contribution in [0.15, 0.2) is 18.3 Å². The Hall–Kier alpha value is -1.93. The van der Waals surface area contributed by atoms with E-state index in [4.69, 9.17) is 14.0 Å². The molecule has 3 heterocycles. The first kappa shape index (κ1) is 18.9. The van der Waals surface area contributed by atoms with Crippen molar-refractivity contribution in [3.05, 3.63) is 24.3 Å². The van der Waals surface area contributed by atoms with Gasteiger partial charge in [-0.15, -0.1) is 0 Å². The van der Waals surface area contributed by atoms with Crippen LogP contribution in [0.5, 0.6) is 0 Å². The van der Waals surface area contributed by atoms with E-state index in [0.29, 0.717) is 10.8 Å². The van der Waals surface area contributed by atoms with Crippen LogP contribution in [0.4, 0.5) is 9.18 Å². The number of halogens is 1. The second kappa shape index (κ2) is 5.79. The second-order valence-corrected chi connectivity index (χ2v) is 8.53. The Kier molecular flexibility index (Phi) is 4.20. The molecule has 0 unspecified atom stereocenters. The number of pyridine rings is 1. The van der Waals surface area contributed by atoms with Gasteiger partial charge >= 0.3 is 13.2 Å². The van der Waals surface area contributed by atoms with E-state index in [1.807, 2.05) is 27.7 Å². The summed E-state index contributed by atoms with van der Waals surface area (Å²) in [6.45, 7) is 13.1. The van der Waals surface area contributed by atoms with E-state index < -0.39 is 36.0 Å². The maximum atomic E-state index is 13.7. The Bertz CT molecular complexity index is 854. The lowest BCUT2D eigenvalue weighted by atomic mass is 9.79. The summed E-state index contributed by atoms with van der Waals surface area (Å²) in [5.74, 6) is -0.680. The fraction of sp³-hybridized carbons (Fsp3) is 0.556. The van der Waals surface area contributed by atoms with E-state index in [2.05, 4.69) is 4.98 Å². The van der Waals surface area contributed by atoms with Crippen molar-refractivity contribution in [1.82, 2.24) is 9.55 Å². The van der Waals surface area contributed by atoms with Crippen molar-refractivity contribution in [3.63, 3.8) is 0 Å². The number of nitrogens with zero attached hydrogens (tertiary/aromatic N) is 2. The Labute approximate surface area is 152 Å². The molecular weight excluding hydrogens is 338 g/mol. The van der Waals surface area contributed by atoms with Gasteiger partial charge in [0.15, 0.2) is 5.65 Å². The van der Waals surface area contributed by atoms with Crippen LogP contribution in [0.25, 0.3) is 11.0 Å². The van der Waals surface area contributed by atoms with Crippen molar-refractivity contribution in [2.75, 3.05) is 0 Å². The first-order valence-electron chi connectivity index (χ1n) is 8.57. The molecule has 8 heteroatoms. The van der Waals surface area contributed by atoms with Crippen molar-refractivity contribution in [1.29, 1.82) is 0 Å². The van der Waals surface area contributed by atoms with E-state index in [1.54, 1.807) is 33.0 Å². The highest BCUT2D eigenvalue weighted by Crippen LogP contribution is 2.37. The molecule has 0 saturated carbocycles. The molecule has 0 spiro atoms. The summed E-state index contributed by atoms with van der Waals surface area (Å²) in [5.41, 5.74) is -0.983. The van der Waals surface area contributed by atoms with Crippen LogP contribution in [0.3, 0.4) is 0 Å². The molecule has 3 rings (SSSR count). The van der Waals surface area contributed by atoms with E-state index >= 15 is 0 Å². The van der Waals surface area contributed by atoms with Crippen LogP contribution in [0, 0.1) is 5.95 Å². The Morgan fingerprint density at radius 1 is 1.19 bits per heavy atom. The number of hydrogen-bond donors (Lipinski definition) is 0. The quantitative estimate of drug-likeness (QED) is 0.576. The number of fused-ring (bicyclic) bond motifs is 1. The zero-order valence-corrected chi connectivity index (χ0v) is 16.2. The highest BCUT2D eigenvalue weighted by atomic mass is 19.1. The maximum absolute atomic E-state index is 13.7. The first-order chi connectivity index (χ1) is 11.8. The Morgan fingerprint density at radius 2 is 1.77 bits per heavy atom. The van der Waals surface area contributed by atoms with Crippen molar-refractivity contribution in [2.45, 2.75) is 65.3 Å². The minimum atomic E-state index is -0.696. The molecule has 1 fully saturated rings. The van der Waals surface area contributed by atoms with Crippen LogP contribution in [-0.2, 0) is 14.0 Å². The van der Waals surface area contributed by atoms with Gasteiger partial charge in [-0.3, -0.25) is 0 Å². The lowest BCUT2D eigenvalue weighted by Gasteiger charge is -2.32. The van der Waals surface area contributed by atoms with Crippen LogP contribution >= 0.6 is 0 Å². The third kappa shape index (κ3) is 3.23. The summed E-state index contributed by atoms with van der Waals surface area (Å²) in [5, 5.41) is 0.579. The monoisotopic (exact) mass is 362 g/mol. The molecule has 2 aromatic heterocycles. The molecule has 0 atom stereocenters. The van der Waals surface area contributed by atoms with Gasteiger partial charge in [0.05, 0.1) is 11.2 Å². The number of hydrogen-bond acceptors (Lipinski definition) is 5. The topological polar surface area (TPSA) is 62.6 Å². The standard InChI is InChI=1S/C18H24BFN2O4/c1-16(2,3)24-15(23)22-10-12(11-8-9-13(20)21-14(11)22)19-25-17(4,5)18(6,7)26-19/h8-10H,1-7H3. The summed E-state index contributed by atoms with van der Waals surface area (Å²) in [4.78, 5) is 16.4. The molecule has 1 saturated heterocycles. The minimum absolute atomic E-state index is 0.170. The van der Waals surface area contributed by atoms with Crippen molar-refractivity contribution in [2.24, 2.45) is 0 Å². The van der Waals surface area contributed by atoms with E-state index in [0.717, 1.165) is 0 Å². The lowest BCUT2D eigenvalue weighted by molar-refractivity contribution is 0.00578. The van der Waals surface area contributed by atoms with Gasteiger partial charge < -0.3 is 14.0 Å². The average Bonchev–Trinajstić information content (AvgIpc) is 2.91. The Balaban J connectivity index is 2.09. The zero-order valence-electron chi connectivity index (χ0n) is 16.2. The smallest absolute Gasteiger partial charge is 0.443 e. The summed E-state index contributed by atoms with van der Waals surface area (Å²) in [6.07, 6.45) is 0.913. The fourth-order valence-corrected chi connectivity index (χ4v) is 2.71. The molecular formula is C18H24BFN2O4. The zero-order chi connectivity index (χ0) is 19.5. The third-order valence-corrected chi connectivity index (χ3v) is 4.75. The molecule has 0 radical (unpaired) electrons. The van der Waals surface area contributed by atoms with Crippen LogP contribution in [0.2, 0.25) is 0 Å². The van der Waals surface area contributed by atoms with Gasteiger partial charge in [-0.2, -0.15) is 4.39 Å². The molecule has 0 aromatic carbocycles. The summed E-state index contributed by atoms with van der Waals surface area (Å²) >= 11 is 0. The molecule has 0 amide bonds. The normalized spacial score (nSPS) is 19.2. The van der Waals surface area contributed by atoms with Crippen molar-refractivity contribution >= 4 is 29.7 Å². The SMILES string of the molecule is CC(C)(C)OC(=O)n1cc(B2OC(C)(C)C(C)(C)O2)c2ccc(F)nc21. The van der Waals surface area contributed by atoms with Gasteiger partial charge in [-0.1, -0.05) is 0 Å². The summed E-state index contributed by atoms with van der Waals surface area (Å²) in [7, 11) is -0.696. The van der Waals surface area contributed by atoms with E-state index in [9.17, 15) is 9.18 Å². The molecule has 0 bridgehead atoms. The van der Waals surface area contributed by atoms with Gasteiger partial charge in [0.2, 0.25) is 5.95 Å². The second-order valence-electron chi connectivity index (χ2n) is 8.53. The number of carbonyl (C=O) groups excluding carboxylic acids is 1. The van der Waals surface area contributed by atoms with Crippen LogP contribution in [0.1, 0.15) is 48.5 Å². The Morgan fingerprint density at radius 3 is 2.31 bits per heavy atom. The first-order valence-corrected chi connectivity index (χ1v) is 8.57. The van der Waals surface area contributed by atoms with Crippen molar-refractivity contribution < 1.29 is 23.2 Å². The third-order valence-electron chi connectivity index (χ3n) is 4.75. The minimum Gasteiger partial charge on any atom is -0.443 e.